The van der Waals surface area contributed by atoms with E-state index in [4.69, 9.17) is 5.73 Å². The fraction of sp³-hybridized carbons (Fsp3) is 0.462. The summed E-state index contributed by atoms with van der Waals surface area (Å²) in [5.41, 5.74) is 4.78. The van der Waals surface area contributed by atoms with Gasteiger partial charge in [0.15, 0.2) is 0 Å². The number of nitro benzene ring substituents is 1. The number of nitrogens with one attached hydrogen (secondary N) is 1. The van der Waals surface area contributed by atoms with Gasteiger partial charge in [0.2, 0.25) is 5.91 Å². The lowest BCUT2D eigenvalue weighted by molar-refractivity contribution is -0.384. The molecule has 3 N–H and O–H groups in total. The van der Waals surface area contributed by atoms with Crippen molar-refractivity contribution < 1.29 is 9.72 Å². The van der Waals surface area contributed by atoms with Crippen molar-refractivity contribution in [2.45, 2.75) is 33.2 Å². The third-order valence-corrected chi connectivity index (χ3v) is 3.49. The number of nitro groups is 1. The van der Waals surface area contributed by atoms with E-state index in [0.717, 1.165) is 0 Å². The minimum Gasteiger partial charge on any atom is -0.325 e. The summed E-state index contributed by atoms with van der Waals surface area (Å²) in [4.78, 5) is 22.4. The van der Waals surface area contributed by atoms with Gasteiger partial charge in [-0.25, -0.2) is 0 Å². The van der Waals surface area contributed by atoms with Crippen LogP contribution < -0.4 is 11.1 Å². The largest absolute Gasteiger partial charge is 0.325 e. The smallest absolute Gasteiger partial charge is 0.271 e. The normalized spacial score (nSPS) is 12.1. The molecule has 0 aliphatic carbocycles. The molecule has 0 aromatic heterocycles. The Hall–Kier alpha value is -1.95. The van der Waals surface area contributed by atoms with Gasteiger partial charge in [0.25, 0.3) is 5.69 Å². The van der Waals surface area contributed by atoms with E-state index in [9.17, 15) is 14.9 Å². The number of nitrogens with zero attached hydrogens (tertiary/aromatic N) is 1. The van der Waals surface area contributed by atoms with Gasteiger partial charge in [0, 0.05) is 23.4 Å². The molecule has 0 aliphatic rings. The number of carbonyl (C=O) groups excluding carboxylic acids is 1. The van der Waals surface area contributed by atoms with Crippen LogP contribution in [0.5, 0.6) is 0 Å². The Balaban J connectivity index is 2.95. The van der Waals surface area contributed by atoms with E-state index in [1.54, 1.807) is 33.8 Å². The van der Waals surface area contributed by atoms with Crippen LogP contribution in [0.25, 0.3) is 0 Å². The van der Waals surface area contributed by atoms with Gasteiger partial charge < -0.3 is 11.1 Å². The number of anilines is 1. The summed E-state index contributed by atoms with van der Waals surface area (Å²) in [6, 6.07) is 5.81. The van der Waals surface area contributed by atoms with E-state index in [0.29, 0.717) is 5.69 Å². The Morgan fingerprint density at radius 1 is 1.32 bits per heavy atom. The average Bonchev–Trinajstić information content (AvgIpc) is 2.27. The molecular formula is C13H19N3O3. The monoisotopic (exact) mass is 265 g/mol. The first-order valence-electron chi connectivity index (χ1n) is 5.90. The van der Waals surface area contributed by atoms with Crippen LogP contribution in [0.4, 0.5) is 11.4 Å². The lowest BCUT2D eigenvalue weighted by Gasteiger charge is -2.36. The molecule has 19 heavy (non-hydrogen) atoms. The maximum atomic E-state index is 12.2. The standard InChI is InChI=1S/C13H19N3O3/c1-12(2,13(3,4)14)11(17)15-9-6-5-7-10(8-9)16(18)19/h5-8H,14H2,1-4H3,(H,15,17). The number of hydrogen-bond acceptors (Lipinski definition) is 4. The molecule has 6 nitrogen and oxygen atoms in total. The first-order chi connectivity index (χ1) is 8.55. The zero-order chi connectivity index (χ0) is 14.8. The molecule has 0 fully saturated rings. The van der Waals surface area contributed by atoms with Gasteiger partial charge in [-0.3, -0.25) is 14.9 Å². The maximum absolute atomic E-state index is 12.2. The average molecular weight is 265 g/mol. The zero-order valence-electron chi connectivity index (χ0n) is 11.6. The molecule has 0 spiro atoms. The van der Waals surface area contributed by atoms with Crippen molar-refractivity contribution in [3.63, 3.8) is 0 Å². The number of benzene rings is 1. The molecule has 0 heterocycles. The van der Waals surface area contributed by atoms with Gasteiger partial charge in [0.1, 0.15) is 0 Å². The SMILES string of the molecule is CC(C)(N)C(C)(C)C(=O)Nc1cccc([N+](=O)[O-])c1. The van der Waals surface area contributed by atoms with Crippen LogP contribution in [0, 0.1) is 15.5 Å². The number of non-ortho nitro benzene ring substituents is 1. The van der Waals surface area contributed by atoms with E-state index in [1.165, 1.54) is 18.2 Å². The van der Waals surface area contributed by atoms with Crippen molar-refractivity contribution in [3.8, 4) is 0 Å². The van der Waals surface area contributed by atoms with Gasteiger partial charge in [0.05, 0.1) is 10.3 Å². The molecule has 0 radical (unpaired) electrons. The predicted octanol–water partition coefficient (Wildman–Crippen LogP) is 2.30. The van der Waals surface area contributed by atoms with Gasteiger partial charge >= 0.3 is 0 Å². The van der Waals surface area contributed by atoms with E-state index < -0.39 is 15.9 Å². The first-order valence-corrected chi connectivity index (χ1v) is 5.90. The van der Waals surface area contributed by atoms with Crippen LogP contribution in [0.1, 0.15) is 27.7 Å². The van der Waals surface area contributed by atoms with Crippen molar-refractivity contribution in [1.29, 1.82) is 0 Å². The lowest BCUT2D eigenvalue weighted by atomic mass is 9.74. The molecule has 0 bridgehead atoms. The highest BCUT2D eigenvalue weighted by Crippen LogP contribution is 2.30. The van der Waals surface area contributed by atoms with Gasteiger partial charge in [-0.15, -0.1) is 0 Å². The highest BCUT2D eigenvalue weighted by Gasteiger charge is 2.40. The lowest BCUT2D eigenvalue weighted by Crippen LogP contribution is -2.53. The Labute approximate surface area is 112 Å². The molecule has 1 aromatic carbocycles. The second kappa shape index (κ2) is 4.97. The summed E-state index contributed by atoms with van der Waals surface area (Å²) < 4.78 is 0. The van der Waals surface area contributed by atoms with Crippen molar-refractivity contribution in [3.05, 3.63) is 34.4 Å². The molecule has 0 saturated carbocycles. The Morgan fingerprint density at radius 3 is 2.37 bits per heavy atom. The predicted molar refractivity (Wildman–Crippen MR) is 73.8 cm³/mol. The molecule has 0 saturated heterocycles. The summed E-state index contributed by atoms with van der Waals surface area (Å²) in [5.74, 6) is -0.277. The van der Waals surface area contributed by atoms with Crippen molar-refractivity contribution >= 4 is 17.3 Å². The van der Waals surface area contributed by atoms with E-state index in [-0.39, 0.29) is 11.6 Å². The van der Waals surface area contributed by atoms with E-state index in [2.05, 4.69) is 5.32 Å². The van der Waals surface area contributed by atoms with Gasteiger partial charge in [-0.2, -0.15) is 0 Å². The van der Waals surface area contributed by atoms with Crippen molar-refractivity contribution in [1.82, 2.24) is 0 Å². The van der Waals surface area contributed by atoms with Crippen molar-refractivity contribution in [2.75, 3.05) is 5.32 Å². The van der Waals surface area contributed by atoms with Crippen LogP contribution in [-0.2, 0) is 4.79 Å². The zero-order valence-corrected chi connectivity index (χ0v) is 11.6. The summed E-state index contributed by atoms with van der Waals surface area (Å²) in [7, 11) is 0. The third kappa shape index (κ3) is 3.29. The summed E-state index contributed by atoms with van der Waals surface area (Å²) in [5, 5.41) is 13.3. The van der Waals surface area contributed by atoms with Crippen LogP contribution in [-0.4, -0.2) is 16.4 Å². The molecule has 0 atom stereocenters. The minimum absolute atomic E-state index is 0.0670. The third-order valence-electron chi connectivity index (χ3n) is 3.49. The number of carbonyl (C=O) groups is 1. The molecule has 6 heteroatoms. The fourth-order valence-corrected chi connectivity index (χ4v) is 1.28. The van der Waals surface area contributed by atoms with E-state index >= 15 is 0 Å². The van der Waals surface area contributed by atoms with Crippen LogP contribution >= 0.6 is 0 Å². The molecular weight excluding hydrogens is 246 g/mol. The number of rotatable bonds is 4. The summed E-state index contributed by atoms with van der Waals surface area (Å²) in [6.45, 7) is 7.00. The number of amides is 1. The van der Waals surface area contributed by atoms with E-state index in [1.807, 2.05) is 0 Å². The Kier molecular flexibility index (Phi) is 3.95. The fourth-order valence-electron chi connectivity index (χ4n) is 1.28. The maximum Gasteiger partial charge on any atom is 0.271 e. The first kappa shape index (κ1) is 15.1. The summed E-state index contributed by atoms with van der Waals surface area (Å²) >= 11 is 0. The van der Waals surface area contributed by atoms with Crippen LogP contribution in [0.3, 0.4) is 0 Å². The molecule has 104 valence electrons. The molecule has 1 aromatic rings. The molecule has 0 unspecified atom stereocenters. The second-order valence-electron chi connectivity index (χ2n) is 5.61. The molecule has 1 amide bonds. The van der Waals surface area contributed by atoms with Gasteiger partial charge in [-0.05, 0) is 33.8 Å². The second-order valence-corrected chi connectivity index (χ2v) is 5.61. The van der Waals surface area contributed by atoms with Crippen LogP contribution in [0.2, 0.25) is 0 Å². The highest BCUT2D eigenvalue weighted by atomic mass is 16.6. The van der Waals surface area contributed by atoms with Crippen LogP contribution in [0.15, 0.2) is 24.3 Å². The quantitative estimate of drug-likeness (QED) is 0.644. The van der Waals surface area contributed by atoms with Gasteiger partial charge in [-0.1, -0.05) is 6.07 Å². The number of hydrogen-bond donors (Lipinski definition) is 2. The molecule has 0 aliphatic heterocycles. The topological polar surface area (TPSA) is 98.3 Å². The Bertz CT molecular complexity index is 504. The summed E-state index contributed by atoms with van der Waals surface area (Å²) in [6.07, 6.45) is 0. The Morgan fingerprint density at radius 2 is 1.89 bits per heavy atom. The minimum atomic E-state index is -0.808. The highest BCUT2D eigenvalue weighted by molar-refractivity contribution is 5.96. The molecule has 1 rings (SSSR count). The van der Waals surface area contributed by atoms with Crippen molar-refractivity contribution in [2.24, 2.45) is 11.1 Å². The number of nitrogens with two attached hydrogens (primary N) is 1.